The maximum absolute atomic E-state index is 3.26. The molecule has 1 aromatic heterocycles. The molecule has 0 fully saturated rings. The predicted molar refractivity (Wildman–Crippen MR) is 46.4 cm³/mol. The summed E-state index contributed by atoms with van der Waals surface area (Å²) in [5, 5.41) is 5.38. The van der Waals surface area contributed by atoms with E-state index in [1.807, 2.05) is 18.4 Å². The molecule has 0 aliphatic rings. The van der Waals surface area contributed by atoms with E-state index >= 15 is 0 Å². The molecule has 10 heavy (non-hydrogen) atoms. The third-order valence-corrected chi connectivity index (χ3v) is 2.63. The molecule has 0 aromatic carbocycles. The average Bonchev–Trinajstić information content (AvgIpc) is 2.43. The van der Waals surface area contributed by atoms with Gasteiger partial charge in [-0.3, -0.25) is 0 Å². The van der Waals surface area contributed by atoms with Crippen molar-refractivity contribution in [3.63, 3.8) is 0 Å². The van der Waals surface area contributed by atoms with Crippen molar-refractivity contribution in [2.45, 2.75) is 19.4 Å². The van der Waals surface area contributed by atoms with Gasteiger partial charge in [0.15, 0.2) is 0 Å². The molecule has 1 nitrogen and oxygen atoms in total. The van der Waals surface area contributed by atoms with E-state index in [2.05, 4.69) is 29.8 Å². The molecule has 1 rings (SSSR count). The first-order chi connectivity index (χ1) is 4.88. The molecule has 0 aliphatic carbocycles. The maximum atomic E-state index is 3.26. The van der Waals surface area contributed by atoms with Crippen LogP contribution in [0.25, 0.3) is 0 Å². The summed E-state index contributed by atoms with van der Waals surface area (Å²) >= 11 is 1.82. The molecule has 0 bridgehead atoms. The van der Waals surface area contributed by atoms with E-state index in [9.17, 15) is 0 Å². The second kappa shape index (κ2) is 3.74. The topological polar surface area (TPSA) is 12.0 Å². The maximum Gasteiger partial charge on any atom is 0.0409 e. The van der Waals surface area contributed by atoms with Crippen LogP contribution in [0.4, 0.5) is 0 Å². The van der Waals surface area contributed by atoms with E-state index in [1.165, 1.54) is 4.88 Å². The third kappa shape index (κ3) is 1.58. The van der Waals surface area contributed by atoms with Gasteiger partial charge in [0.2, 0.25) is 0 Å². The zero-order valence-electron chi connectivity index (χ0n) is 6.42. The van der Waals surface area contributed by atoms with E-state index in [1.54, 1.807) is 0 Å². The van der Waals surface area contributed by atoms with Gasteiger partial charge >= 0.3 is 0 Å². The first-order valence-electron chi connectivity index (χ1n) is 3.59. The van der Waals surface area contributed by atoms with Crippen molar-refractivity contribution < 1.29 is 0 Å². The molecule has 0 radical (unpaired) electrons. The number of rotatable bonds is 3. The van der Waals surface area contributed by atoms with Crippen LogP contribution in [0.5, 0.6) is 0 Å². The largest absolute Gasteiger partial charge is 0.312 e. The highest BCUT2D eigenvalue weighted by Crippen LogP contribution is 2.20. The molecule has 1 atom stereocenters. The van der Waals surface area contributed by atoms with Gasteiger partial charge in [0.25, 0.3) is 0 Å². The van der Waals surface area contributed by atoms with Gasteiger partial charge in [-0.25, -0.2) is 0 Å². The molecule has 1 aromatic rings. The van der Waals surface area contributed by atoms with Crippen molar-refractivity contribution in [3.8, 4) is 0 Å². The molecule has 0 spiro atoms. The lowest BCUT2D eigenvalue weighted by atomic mass is 10.2. The lowest BCUT2D eigenvalue weighted by Gasteiger charge is -2.10. The smallest absolute Gasteiger partial charge is 0.0409 e. The fourth-order valence-electron chi connectivity index (χ4n) is 1.04. The Bertz CT molecular complexity index is 165. The van der Waals surface area contributed by atoms with E-state index in [4.69, 9.17) is 0 Å². The highest BCUT2D eigenvalue weighted by Gasteiger charge is 2.05. The Morgan fingerprint density at radius 3 is 2.90 bits per heavy atom. The lowest BCUT2D eigenvalue weighted by Crippen LogP contribution is -2.13. The Balaban J connectivity index is 2.64. The van der Waals surface area contributed by atoms with Crippen LogP contribution in [0, 0.1) is 0 Å². The van der Waals surface area contributed by atoms with Gasteiger partial charge in [0.05, 0.1) is 0 Å². The summed E-state index contributed by atoms with van der Waals surface area (Å²) < 4.78 is 0. The molecule has 0 amide bonds. The Kier molecular flexibility index (Phi) is 2.90. The molecule has 1 unspecified atom stereocenters. The van der Waals surface area contributed by atoms with Crippen LogP contribution in [0.3, 0.4) is 0 Å². The Hall–Kier alpha value is -0.340. The van der Waals surface area contributed by atoms with Crippen LogP contribution in [0.15, 0.2) is 17.5 Å². The number of hydrogen-bond donors (Lipinski definition) is 1. The summed E-state index contributed by atoms with van der Waals surface area (Å²) in [6, 6.07) is 4.83. The monoisotopic (exact) mass is 155 g/mol. The molecule has 1 heterocycles. The summed E-state index contributed by atoms with van der Waals surface area (Å²) in [7, 11) is 2.01. The number of hydrogen-bond acceptors (Lipinski definition) is 2. The summed E-state index contributed by atoms with van der Waals surface area (Å²) in [6.45, 7) is 2.20. The van der Waals surface area contributed by atoms with E-state index in [0.717, 1.165) is 6.42 Å². The van der Waals surface area contributed by atoms with Crippen LogP contribution in [-0.4, -0.2) is 7.05 Å². The van der Waals surface area contributed by atoms with Gasteiger partial charge in [-0.15, -0.1) is 11.3 Å². The first-order valence-corrected chi connectivity index (χ1v) is 4.47. The van der Waals surface area contributed by atoms with Crippen molar-refractivity contribution in [1.29, 1.82) is 0 Å². The Labute approximate surface area is 66.1 Å². The van der Waals surface area contributed by atoms with Crippen molar-refractivity contribution in [3.05, 3.63) is 22.4 Å². The van der Waals surface area contributed by atoms with Crippen LogP contribution in [-0.2, 0) is 0 Å². The normalized spacial score (nSPS) is 13.4. The van der Waals surface area contributed by atoms with E-state index in [0.29, 0.717) is 6.04 Å². The summed E-state index contributed by atoms with van der Waals surface area (Å²) in [5.74, 6) is 0. The van der Waals surface area contributed by atoms with E-state index in [-0.39, 0.29) is 0 Å². The number of thiophene rings is 1. The zero-order valence-corrected chi connectivity index (χ0v) is 7.24. The van der Waals surface area contributed by atoms with Crippen LogP contribution in [0.1, 0.15) is 24.3 Å². The minimum Gasteiger partial charge on any atom is -0.312 e. The predicted octanol–water partition coefficient (Wildman–Crippen LogP) is 2.42. The standard InChI is InChI=1S/C8H13NS/c1-3-7(9-2)8-5-4-6-10-8/h4-7,9H,3H2,1-2H3. The lowest BCUT2D eigenvalue weighted by molar-refractivity contribution is 0.586. The van der Waals surface area contributed by atoms with Gasteiger partial charge in [0, 0.05) is 10.9 Å². The SMILES string of the molecule is CCC(NC)c1cccs1. The molecule has 0 aliphatic heterocycles. The third-order valence-electron chi connectivity index (χ3n) is 1.64. The van der Waals surface area contributed by atoms with Gasteiger partial charge in [-0.2, -0.15) is 0 Å². The molecule has 0 saturated carbocycles. The number of nitrogens with one attached hydrogen (secondary N) is 1. The first kappa shape index (κ1) is 7.76. The molecule has 2 heteroatoms. The van der Waals surface area contributed by atoms with Crippen molar-refractivity contribution in [1.82, 2.24) is 5.32 Å². The van der Waals surface area contributed by atoms with Crippen molar-refractivity contribution in [2.24, 2.45) is 0 Å². The second-order valence-electron chi connectivity index (χ2n) is 2.26. The quantitative estimate of drug-likeness (QED) is 0.707. The van der Waals surface area contributed by atoms with E-state index < -0.39 is 0 Å². The molecular weight excluding hydrogens is 142 g/mol. The highest BCUT2D eigenvalue weighted by molar-refractivity contribution is 7.10. The summed E-state index contributed by atoms with van der Waals surface area (Å²) in [4.78, 5) is 1.44. The van der Waals surface area contributed by atoms with Crippen LogP contribution < -0.4 is 5.32 Å². The molecule has 1 N–H and O–H groups in total. The Morgan fingerprint density at radius 2 is 2.50 bits per heavy atom. The zero-order chi connectivity index (χ0) is 7.40. The minimum atomic E-state index is 0.556. The fraction of sp³-hybridized carbons (Fsp3) is 0.500. The van der Waals surface area contributed by atoms with Crippen LogP contribution in [0.2, 0.25) is 0 Å². The minimum absolute atomic E-state index is 0.556. The van der Waals surface area contributed by atoms with Crippen molar-refractivity contribution >= 4 is 11.3 Å². The molecular formula is C8H13NS. The summed E-state index contributed by atoms with van der Waals surface area (Å²) in [5.41, 5.74) is 0. The van der Waals surface area contributed by atoms with Gasteiger partial charge in [-0.1, -0.05) is 13.0 Å². The van der Waals surface area contributed by atoms with Crippen LogP contribution >= 0.6 is 11.3 Å². The van der Waals surface area contributed by atoms with Gasteiger partial charge < -0.3 is 5.32 Å². The second-order valence-corrected chi connectivity index (χ2v) is 3.24. The van der Waals surface area contributed by atoms with Crippen molar-refractivity contribution in [2.75, 3.05) is 7.05 Å². The highest BCUT2D eigenvalue weighted by atomic mass is 32.1. The van der Waals surface area contributed by atoms with Gasteiger partial charge in [0.1, 0.15) is 0 Å². The average molecular weight is 155 g/mol. The fourth-order valence-corrected chi connectivity index (χ4v) is 1.96. The van der Waals surface area contributed by atoms with Gasteiger partial charge in [-0.05, 0) is 24.9 Å². The Morgan fingerprint density at radius 1 is 1.70 bits per heavy atom. The molecule has 56 valence electrons. The summed E-state index contributed by atoms with van der Waals surface area (Å²) in [6.07, 6.45) is 1.16. The molecule has 0 saturated heterocycles.